The van der Waals surface area contributed by atoms with Crippen molar-refractivity contribution < 1.29 is 4.74 Å². The van der Waals surface area contributed by atoms with E-state index in [9.17, 15) is 4.79 Å². The molecule has 1 aliphatic rings. The second kappa shape index (κ2) is 8.20. The van der Waals surface area contributed by atoms with E-state index in [1.807, 2.05) is 54.7 Å². The zero-order valence-electron chi connectivity index (χ0n) is 16.7. The minimum Gasteiger partial charge on any atom is -0.385 e. The third kappa shape index (κ3) is 3.76. The molecule has 1 N–H and O–H groups in total. The molecule has 0 spiro atoms. The summed E-state index contributed by atoms with van der Waals surface area (Å²) in [6, 6.07) is 15.7. The molecule has 150 valence electrons. The van der Waals surface area contributed by atoms with E-state index in [2.05, 4.69) is 15.3 Å². The zero-order chi connectivity index (χ0) is 20.3. The first-order chi connectivity index (χ1) is 14.8. The number of hydrogen-bond acceptors (Lipinski definition) is 5. The van der Waals surface area contributed by atoms with Crippen LogP contribution in [-0.2, 0) is 4.74 Å². The monoisotopic (exact) mass is 397 g/mol. The van der Waals surface area contributed by atoms with Crippen LogP contribution in [0.4, 0.5) is 5.69 Å². The Morgan fingerprint density at radius 2 is 1.73 bits per heavy atom. The van der Waals surface area contributed by atoms with Gasteiger partial charge in [0.15, 0.2) is 5.43 Å². The SMILES string of the molecule is O=c1c2cc(NCC3CCOCC3)ccc2ccc2ncc(-c3ccncc3)cc12. The lowest BCUT2D eigenvalue weighted by molar-refractivity contribution is 0.0699. The minimum atomic E-state index is 0.00289. The van der Waals surface area contributed by atoms with Crippen LogP contribution >= 0.6 is 0 Å². The fourth-order valence-corrected chi connectivity index (χ4v) is 4.03. The Balaban J connectivity index is 1.55. The number of nitrogens with one attached hydrogen (secondary N) is 1. The van der Waals surface area contributed by atoms with Crippen LogP contribution in [0.2, 0.25) is 0 Å². The topological polar surface area (TPSA) is 64.1 Å². The van der Waals surface area contributed by atoms with Crippen molar-refractivity contribution >= 4 is 27.4 Å². The number of benzene rings is 1. The molecular formula is C25H23N3O2. The second-order valence-corrected chi connectivity index (χ2v) is 7.79. The summed E-state index contributed by atoms with van der Waals surface area (Å²) in [5.74, 6) is 0.612. The van der Waals surface area contributed by atoms with E-state index >= 15 is 0 Å². The minimum absolute atomic E-state index is 0.00289. The van der Waals surface area contributed by atoms with Gasteiger partial charge in [-0.05, 0) is 66.1 Å². The van der Waals surface area contributed by atoms with Crippen LogP contribution in [0, 0.1) is 5.92 Å². The fourth-order valence-electron chi connectivity index (χ4n) is 4.03. The Morgan fingerprint density at radius 1 is 0.933 bits per heavy atom. The summed E-state index contributed by atoms with van der Waals surface area (Å²) >= 11 is 0. The van der Waals surface area contributed by atoms with Gasteiger partial charge in [0, 0.05) is 60.4 Å². The molecule has 0 atom stereocenters. The van der Waals surface area contributed by atoms with Gasteiger partial charge in [-0.25, -0.2) is 0 Å². The number of ether oxygens (including phenoxy) is 1. The van der Waals surface area contributed by atoms with E-state index in [1.165, 1.54) is 0 Å². The highest BCUT2D eigenvalue weighted by Gasteiger charge is 2.13. The van der Waals surface area contributed by atoms with E-state index in [0.29, 0.717) is 22.2 Å². The van der Waals surface area contributed by atoms with Gasteiger partial charge in [0.05, 0.1) is 5.52 Å². The number of rotatable bonds is 4. The molecular weight excluding hydrogens is 374 g/mol. The van der Waals surface area contributed by atoms with Crippen molar-refractivity contribution in [2.45, 2.75) is 12.8 Å². The molecule has 5 heteroatoms. The van der Waals surface area contributed by atoms with E-state index < -0.39 is 0 Å². The van der Waals surface area contributed by atoms with Gasteiger partial charge in [-0.15, -0.1) is 0 Å². The van der Waals surface area contributed by atoms with Crippen LogP contribution in [0.25, 0.3) is 32.8 Å². The van der Waals surface area contributed by atoms with Gasteiger partial charge < -0.3 is 10.1 Å². The Hall–Kier alpha value is -3.31. The molecule has 0 amide bonds. The summed E-state index contributed by atoms with van der Waals surface area (Å²) in [6.45, 7) is 2.57. The van der Waals surface area contributed by atoms with Gasteiger partial charge in [-0.3, -0.25) is 14.8 Å². The van der Waals surface area contributed by atoms with E-state index in [-0.39, 0.29) is 5.43 Å². The normalized spacial score (nSPS) is 14.8. The maximum absolute atomic E-state index is 13.4. The van der Waals surface area contributed by atoms with E-state index in [1.54, 1.807) is 12.4 Å². The van der Waals surface area contributed by atoms with Gasteiger partial charge in [0.25, 0.3) is 0 Å². The molecule has 1 aliphatic heterocycles. The van der Waals surface area contributed by atoms with Crippen molar-refractivity contribution in [1.29, 1.82) is 0 Å². The standard InChI is InChI=1S/C25H23N3O2/c29-25-22-14-21(27-15-17-7-11-30-12-8-17)3-1-19(22)2-4-24-23(25)13-20(16-28-24)18-5-9-26-10-6-18/h1-6,9-10,13-14,16-17,27H,7-8,11-12,15H2. The van der Waals surface area contributed by atoms with E-state index in [4.69, 9.17) is 4.74 Å². The van der Waals surface area contributed by atoms with Gasteiger partial charge in [0.2, 0.25) is 0 Å². The van der Waals surface area contributed by atoms with E-state index in [0.717, 1.165) is 54.8 Å². The van der Waals surface area contributed by atoms with Crippen LogP contribution in [-0.4, -0.2) is 29.7 Å². The number of aromatic nitrogens is 2. The zero-order valence-corrected chi connectivity index (χ0v) is 16.7. The van der Waals surface area contributed by atoms with Crippen LogP contribution in [0.5, 0.6) is 0 Å². The highest BCUT2D eigenvalue weighted by molar-refractivity contribution is 5.94. The average molecular weight is 397 g/mol. The maximum atomic E-state index is 13.4. The smallest absolute Gasteiger partial charge is 0.195 e. The third-order valence-electron chi connectivity index (χ3n) is 5.83. The summed E-state index contributed by atoms with van der Waals surface area (Å²) in [5, 5.41) is 5.76. The lowest BCUT2D eigenvalue weighted by Crippen LogP contribution is -2.22. The summed E-state index contributed by atoms with van der Waals surface area (Å²) in [6.07, 6.45) is 7.46. The lowest BCUT2D eigenvalue weighted by atomic mass is 10.0. The largest absolute Gasteiger partial charge is 0.385 e. The molecule has 1 saturated heterocycles. The van der Waals surface area contributed by atoms with Crippen LogP contribution in [0.15, 0.2) is 71.9 Å². The molecule has 4 aromatic rings. The summed E-state index contributed by atoms with van der Waals surface area (Å²) in [5.41, 5.74) is 3.58. The first kappa shape index (κ1) is 18.7. The predicted molar refractivity (Wildman–Crippen MR) is 121 cm³/mol. The Bertz CT molecular complexity index is 1250. The fraction of sp³-hybridized carbons (Fsp3) is 0.240. The van der Waals surface area contributed by atoms with Crippen LogP contribution < -0.4 is 10.7 Å². The van der Waals surface area contributed by atoms with Crippen molar-refractivity contribution in [2.75, 3.05) is 25.1 Å². The summed E-state index contributed by atoms with van der Waals surface area (Å²) in [7, 11) is 0. The van der Waals surface area contributed by atoms with Crippen molar-refractivity contribution in [3.8, 4) is 11.1 Å². The third-order valence-corrected chi connectivity index (χ3v) is 5.83. The van der Waals surface area contributed by atoms with Crippen molar-refractivity contribution in [3.63, 3.8) is 0 Å². The molecule has 3 heterocycles. The molecule has 30 heavy (non-hydrogen) atoms. The summed E-state index contributed by atoms with van der Waals surface area (Å²) in [4.78, 5) is 22.1. The van der Waals surface area contributed by atoms with Crippen molar-refractivity contribution in [1.82, 2.24) is 9.97 Å². The molecule has 5 rings (SSSR count). The van der Waals surface area contributed by atoms with Crippen molar-refractivity contribution in [3.05, 3.63) is 77.3 Å². The van der Waals surface area contributed by atoms with Gasteiger partial charge in [-0.1, -0.05) is 12.1 Å². The molecule has 0 unspecified atom stereocenters. The quantitative estimate of drug-likeness (QED) is 0.543. The summed E-state index contributed by atoms with van der Waals surface area (Å²) < 4.78 is 5.44. The molecule has 1 fully saturated rings. The average Bonchev–Trinajstić information content (AvgIpc) is 2.95. The Labute approximate surface area is 174 Å². The molecule has 5 nitrogen and oxygen atoms in total. The number of pyridine rings is 2. The number of hydrogen-bond donors (Lipinski definition) is 1. The highest BCUT2D eigenvalue weighted by atomic mass is 16.5. The predicted octanol–water partition coefficient (Wildman–Crippen LogP) is 4.65. The number of anilines is 1. The van der Waals surface area contributed by atoms with Gasteiger partial charge in [-0.2, -0.15) is 0 Å². The molecule has 0 radical (unpaired) electrons. The first-order valence-corrected chi connectivity index (χ1v) is 10.4. The number of fused-ring (bicyclic) bond motifs is 2. The highest BCUT2D eigenvalue weighted by Crippen LogP contribution is 2.23. The maximum Gasteiger partial charge on any atom is 0.195 e. The Kier molecular flexibility index (Phi) is 5.11. The molecule has 2 aromatic heterocycles. The lowest BCUT2D eigenvalue weighted by Gasteiger charge is -2.22. The van der Waals surface area contributed by atoms with Crippen molar-refractivity contribution in [2.24, 2.45) is 5.92 Å². The molecule has 0 bridgehead atoms. The molecule has 2 aromatic carbocycles. The molecule has 0 aliphatic carbocycles. The molecule has 0 saturated carbocycles. The van der Waals surface area contributed by atoms with Gasteiger partial charge in [0.1, 0.15) is 0 Å². The van der Waals surface area contributed by atoms with Crippen LogP contribution in [0.1, 0.15) is 12.8 Å². The van der Waals surface area contributed by atoms with Gasteiger partial charge >= 0.3 is 0 Å². The first-order valence-electron chi connectivity index (χ1n) is 10.4. The second-order valence-electron chi connectivity index (χ2n) is 7.79. The Morgan fingerprint density at radius 3 is 2.57 bits per heavy atom. The number of nitrogens with zero attached hydrogens (tertiary/aromatic N) is 2. The van der Waals surface area contributed by atoms with Crippen LogP contribution in [0.3, 0.4) is 0 Å².